The minimum absolute atomic E-state index is 0.149. The number of esters is 2. The van der Waals surface area contributed by atoms with Crippen LogP contribution in [0.4, 0.5) is 0 Å². The third kappa shape index (κ3) is 52.3. The van der Waals surface area contributed by atoms with Crippen LogP contribution in [0, 0.1) is 0 Å². The molecule has 0 saturated carbocycles. The second-order valence-corrected chi connectivity index (χ2v) is 16.5. The second-order valence-electron chi connectivity index (χ2n) is 11.6. The van der Waals surface area contributed by atoms with Gasteiger partial charge in [0.25, 0.3) is 0 Å². The van der Waals surface area contributed by atoms with Gasteiger partial charge in [0.1, 0.15) is 0 Å². The summed E-state index contributed by atoms with van der Waals surface area (Å²) in [7, 11) is 0. The molecular formula is C36H74O4S2Sn. The van der Waals surface area contributed by atoms with E-state index < -0.39 is 0 Å². The normalized spacial score (nSPS) is 10.4. The van der Waals surface area contributed by atoms with E-state index in [-0.39, 0.29) is 44.6 Å². The van der Waals surface area contributed by atoms with Crippen LogP contribution in [0.3, 0.4) is 0 Å². The van der Waals surface area contributed by atoms with Crippen LogP contribution in [0.2, 0.25) is 8.87 Å². The second kappa shape index (κ2) is 46.9. The molecule has 0 aromatic rings. The molecule has 0 unspecified atom stereocenters. The van der Waals surface area contributed by atoms with E-state index in [1.165, 1.54) is 141 Å². The average molecular weight is 754 g/mol. The quantitative estimate of drug-likeness (QED) is 0.0332. The maximum absolute atomic E-state index is 10.8. The summed E-state index contributed by atoms with van der Waals surface area (Å²) in [5.41, 5.74) is 0. The molecule has 0 aliphatic carbocycles. The molecule has 0 N–H and O–H groups in total. The molecule has 0 heterocycles. The topological polar surface area (TPSA) is 52.6 Å². The molecule has 2 radical (unpaired) electrons. The Morgan fingerprint density at radius 3 is 0.930 bits per heavy atom. The number of hydrogen-bond acceptors (Lipinski definition) is 6. The number of unbranched alkanes of at least 4 members (excludes halogenated alkanes) is 20. The van der Waals surface area contributed by atoms with Crippen LogP contribution in [0.5, 0.6) is 0 Å². The molecule has 0 bridgehead atoms. The first-order chi connectivity index (χ1) is 21.0. The fraction of sp³-hybridized carbons (Fsp3) is 0.944. The molecule has 0 spiro atoms. The van der Waals surface area contributed by atoms with Gasteiger partial charge in [0, 0.05) is 0 Å². The summed E-state index contributed by atoms with van der Waals surface area (Å²) in [5.74, 6) is -0.0243. The summed E-state index contributed by atoms with van der Waals surface area (Å²) in [5, 5.41) is 0. The Balaban J connectivity index is -0.000000586. The van der Waals surface area contributed by atoms with E-state index in [4.69, 9.17) is 9.47 Å². The molecule has 0 aliphatic rings. The molecule has 0 saturated heterocycles. The van der Waals surface area contributed by atoms with Crippen LogP contribution in [0.15, 0.2) is 0 Å². The number of ether oxygens (including phenoxy) is 2. The van der Waals surface area contributed by atoms with E-state index in [0.717, 1.165) is 12.8 Å². The van der Waals surface area contributed by atoms with Gasteiger partial charge in [-0.25, -0.2) is 0 Å². The van der Waals surface area contributed by atoms with Gasteiger partial charge >= 0.3 is 81.5 Å². The van der Waals surface area contributed by atoms with Gasteiger partial charge in [-0.15, -0.1) is 0 Å². The fourth-order valence-electron chi connectivity index (χ4n) is 4.37. The Hall–Kier alpha value is 0.439. The van der Waals surface area contributed by atoms with Crippen molar-refractivity contribution in [2.75, 3.05) is 24.7 Å². The Bertz CT molecular complexity index is 479. The van der Waals surface area contributed by atoms with Crippen molar-refractivity contribution in [2.24, 2.45) is 0 Å². The number of carbonyl (C=O) groups is 2. The summed E-state index contributed by atoms with van der Waals surface area (Å²) in [6, 6.07) is 0. The molecule has 258 valence electrons. The van der Waals surface area contributed by atoms with E-state index in [1.54, 1.807) is 8.87 Å². The van der Waals surface area contributed by atoms with Gasteiger partial charge in [-0.3, -0.25) is 9.59 Å². The standard InChI is InChI=1S/2C14H28O2S.2C4H9.Sn/c2*1-2-3-4-5-6-7-8-9-10-11-12-16-14(15)13-17;2*1-3-4-2;/h2*17H,2-13H2,1H3;2*1,3-4H2,2H3;. The first-order valence-corrected chi connectivity index (χ1v) is 23.6. The molecule has 0 amide bonds. The third-order valence-electron chi connectivity index (χ3n) is 7.19. The van der Waals surface area contributed by atoms with Crippen molar-refractivity contribution in [3.8, 4) is 0 Å². The zero-order valence-corrected chi connectivity index (χ0v) is 33.9. The summed E-state index contributed by atoms with van der Waals surface area (Å²) >= 11 is 7.84. The van der Waals surface area contributed by atoms with E-state index in [0.29, 0.717) is 13.2 Å². The van der Waals surface area contributed by atoms with Crippen LogP contribution in [0.25, 0.3) is 0 Å². The first kappa shape index (κ1) is 47.8. The van der Waals surface area contributed by atoms with E-state index in [2.05, 4.69) is 53.0 Å². The Labute approximate surface area is 291 Å². The summed E-state index contributed by atoms with van der Waals surface area (Å²) in [6.07, 6.45) is 31.9. The van der Waals surface area contributed by atoms with Crippen molar-refractivity contribution >= 4 is 58.3 Å². The van der Waals surface area contributed by atoms with Crippen molar-refractivity contribution in [1.82, 2.24) is 0 Å². The third-order valence-corrected chi connectivity index (χ3v) is 11.7. The molecule has 0 rings (SSSR count). The van der Waals surface area contributed by atoms with E-state index >= 15 is 0 Å². The fourth-order valence-corrected chi connectivity index (χ4v) is 8.71. The summed E-state index contributed by atoms with van der Waals surface area (Å²) in [6.45, 7) is 10.2. The molecule has 0 aromatic carbocycles. The van der Waals surface area contributed by atoms with Crippen molar-refractivity contribution in [1.29, 1.82) is 0 Å². The Morgan fingerprint density at radius 1 is 0.419 bits per heavy atom. The van der Waals surface area contributed by atoms with Crippen LogP contribution in [0.1, 0.15) is 182 Å². The minimum atomic E-state index is -0.204. The molecule has 43 heavy (non-hydrogen) atoms. The Kier molecular flexibility index (Phi) is 52.1. The van der Waals surface area contributed by atoms with Gasteiger partial charge in [0.15, 0.2) is 0 Å². The molecule has 7 heteroatoms. The molecule has 4 nitrogen and oxygen atoms in total. The number of rotatable bonds is 30. The van der Waals surface area contributed by atoms with Crippen LogP contribution in [-0.4, -0.2) is 57.8 Å². The average Bonchev–Trinajstić information content (AvgIpc) is 3.02. The monoisotopic (exact) mass is 754 g/mol. The van der Waals surface area contributed by atoms with Crippen LogP contribution < -0.4 is 0 Å². The number of thiol groups is 2. The molecule has 0 aromatic heterocycles. The van der Waals surface area contributed by atoms with Crippen molar-refractivity contribution < 1.29 is 19.1 Å². The Morgan fingerprint density at radius 2 is 0.674 bits per heavy atom. The molecule has 0 aliphatic heterocycles. The number of carbonyl (C=O) groups excluding carboxylic acids is 2. The van der Waals surface area contributed by atoms with Gasteiger partial charge in [0.2, 0.25) is 0 Å². The van der Waals surface area contributed by atoms with Gasteiger partial charge in [0.05, 0.1) is 24.7 Å². The molecule has 0 atom stereocenters. The summed E-state index contributed by atoms with van der Waals surface area (Å²) in [4.78, 5) is 21.5. The predicted molar refractivity (Wildman–Crippen MR) is 198 cm³/mol. The SMILES string of the molecule is CCCCCCCCCCCCOC(=O)CS.CCCCCCCCCCCCOC(=O)CS.CCC[CH2][Sn][CH2]CCC. The van der Waals surface area contributed by atoms with Crippen molar-refractivity contribution in [3.05, 3.63) is 0 Å². The zero-order chi connectivity index (χ0) is 32.5. The van der Waals surface area contributed by atoms with Gasteiger partial charge in [-0.05, 0) is 12.8 Å². The van der Waals surface area contributed by atoms with Gasteiger partial charge < -0.3 is 9.47 Å². The van der Waals surface area contributed by atoms with Gasteiger partial charge in [-0.2, -0.15) is 25.3 Å². The predicted octanol–water partition coefficient (Wildman–Crippen LogP) is 11.9. The van der Waals surface area contributed by atoms with E-state index in [9.17, 15) is 9.59 Å². The van der Waals surface area contributed by atoms with Gasteiger partial charge in [-0.1, -0.05) is 129 Å². The zero-order valence-electron chi connectivity index (χ0n) is 29.2. The van der Waals surface area contributed by atoms with Crippen molar-refractivity contribution in [3.63, 3.8) is 0 Å². The molecular weight excluding hydrogens is 679 g/mol. The summed E-state index contributed by atoms with van der Waals surface area (Å²) < 4.78 is 13.1. The number of hydrogen-bond donors (Lipinski definition) is 2. The van der Waals surface area contributed by atoms with Crippen molar-refractivity contribution in [2.45, 2.75) is 191 Å². The maximum atomic E-state index is 10.8. The van der Waals surface area contributed by atoms with Crippen LogP contribution >= 0.6 is 25.3 Å². The van der Waals surface area contributed by atoms with Crippen LogP contribution in [-0.2, 0) is 19.1 Å². The van der Waals surface area contributed by atoms with E-state index in [1.807, 2.05) is 0 Å². The first-order valence-electron chi connectivity index (χ1n) is 18.3. The molecule has 0 fully saturated rings.